The zero-order valence-electron chi connectivity index (χ0n) is 17.4. The van der Waals surface area contributed by atoms with Gasteiger partial charge in [0.15, 0.2) is 11.8 Å². The van der Waals surface area contributed by atoms with Crippen molar-refractivity contribution >= 4 is 5.96 Å². The monoisotopic (exact) mass is 400 g/mol. The first-order chi connectivity index (χ1) is 14.3. The summed E-state index contributed by atoms with van der Waals surface area (Å²) in [6.45, 7) is 3.56. The lowest BCUT2D eigenvalue weighted by Gasteiger charge is -2.25. The molecule has 1 aliphatic rings. The van der Waals surface area contributed by atoms with Crippen molar-refractivity contribution in [2.45, 2.75) is 44.9 Å². The molecule has 1 aromatic heterocycles. The molecule has 0 bridgehead atoms. The molecular formula is C21H32N6O2. The van der Waals surface area contributed by atoms with Crippen LogP contribution >= 0.6 is 0 Å². The summed E-state index contributed by atoms with van der Waals surface area (Å²) in [5, 5.41) is 11.4. The molecule has 2 N–H and O–H groups in total. The van der Waals surface area contributed by atoms with Crippen molar-refractivity contribution in [1.82, 2.24) is 25.4 Å². The predicted molar refractivity (Wildman–Crippen MR) is 113 cm³/mol. The van der Waals surface area contributed by atoms with Crippen molar-refractivity contribution in [3.8, 4) is 0 Å². The van der Waals surface area contributed by atoms with E-state index < -0.39 is 0 Å². The molecule has 2 heterocycles. The fourth-order valence-corrected chi connectivity index (χ4v) is 3.37. The summed E-state index contributed by atoms with van der Waals surface area (Å²) in [5.74, 6) is 2.60. The maximum atomic E-state index is 5.74. The van der Waals surface area contributed by atoms with Gasteiger partial charge in [0.2, 0.25) is 0 Å². The Labute approximate surface area is 172 Å². The Morgan fingerprint density at radius 3 is 2.93 bits per heavy atom. The van der Waals surface area contributed by atoms with Gasteiger partial charge in [-0.15, -0.1) is 0 Å². The Bertz CT molecular complexity index is 762. The van der Waals surface area contributed by atoms with Crippen LogP contribution in [0.2, 0.25) is 0 Å². The average molecular weight is 401 g/mol. The van der Waals surface area contributed by atoms with Crippen molar-refractivity contribution in [1.29, 1.82) is 0 Å². The van der Waals surface area contributed by atoms with E-state index in [1.54, 1.807) is 14.2 Å². The SMILES string of the molecule is CN=C(NCCCOCCc1ccccc1)NC1CCc2nc(COC)nn2C1. The van der Waals surface area contributed by atoms with Crippen molar-refractivity contribution in [2.75, 3.05) is 33.9 Å². The van der Waals surface area contributed by atoms with Crippen molar-refractivity contribution in [2.24, 2.45) is 4.99 Å². The molecule has 1 aromatic carbocycles. The number of nitrogens with one attached hydrogen (secondary N) is 2. The zero-order valence-corrected chi connectivity index (χ0v) is 17.4. The summed E-state index contributed by atoms with van der Waals surface area (Å²) in [5.41, 5.74) is 1.31. The van der Waals surface area contributed by atoms with E-state index >= 15 is 0 Å². The summed E-state index contributed by atoms with van der Waals surface area (Å²) >= 11 is 0. The quantitative estimate of drug-likeness (QED) is 0.358. The fourth-order valence-electron chi connectivity index (χ4n) is 3.37. The van der Waals surface area contributed by atoms with E-state index in [4.69, 9.17) is 9.47 Å². The van der Waals surface area contributed by atoms with E-state index in [0.29, 0.717) is 6.61 Å². The van der Waals surface area contributed by atoms with Crippen LogP contribution in [0, 0.1) is 0 Å². The van der Waals surface area contributed by atoms with E-state index in [1.807, 2.05) is 10.7 Å². The van der Waals surface area contributed by atoms with Gasteiger partial charge in [0, 0.05) is 39.8 Å². The van der Waals surface area contributed by atoms with Crippen LogP contribution in [0.1, 0.15) is 30.1 Å². The molecule has 3 rings (SSSR count). The summed E-state index contributed by atoms with van der Waals surface area (Å²) in [4.78, 5) is 8.85. The highest BCUT2D eigenvalue weighted by atomic mass is 16.5. The summed E-state index contributed by atoms with van der Waals surface area (Å²) in [6, 6.07) is 10.7. The Morgan fingerprint density at radius 2 is 2.14 bits per heavy atom. The lowest BCUT2D eigenvalue weighted by Crippen LogP contribution is -2.47. The van der Waals surface area contributed by atoms with Gasteiger partial charge >= 0.3 is 0 Å². The summed E-state index contributed by atoms with van der Waals surface area (Å²) < 4.78 is 12.8. The number of ether oxygens (including phenoxy) is 2. The molecule has 158 valence electrons. The molecule has 0 spiro atoms. The largest absolute Gasteiger partial charge is 0.381 e. The Hall–Kier alpha value is -2.45. The second kappa shape index (κ2) is 11.5. The molecule has 29 heavy (non-hydrogen) atoms. The van der Waals surface area contributed by atoms with Crippen LogP contribution in [0.3, 0.4) is 0 Å². The lowest BCUT2D eigenvalue weighted by atomic mass is 10.1. The Morgan fingerprint density at radius 1 is 1.28 bits per heavy atom. The first-order valence-corrected chi connectivity index (χ1v) is 10.3. The first kappa shape index (κ1) is 21.3. The van der Waals surface area contributed by atoms with Gasteiger partial charge in [-0.05, 0) is 24.8 Å². The maximum Gasteiger partial charge on any atom is 0.191 e. The minimum absolute atomic E-state index is 0.285. The number of hydrogen-bond donors (Lipinski definition) is 2. The number of rotatable bonds is 10. The third-order valence-corrected chi connectivity index (χ3v) is 4.88. The molecule has 1 atom stereocenters. The number of methoxy groups -OCH3 is 1. The van der Waals surface area contributed by atoms with Crippen LogP contribution in [0.5, 0.6) is 0 Å². The number of fused-ring (bicyclic) bond motifs is 1. The predicted octanol–water partition coefficient (Wildman–Crippen LogP) is 1.55. The normalized spacial score (nSPS) is 16.5. The van der Waals surface area contributed by atoms with E-state index in [9.17, 15) is 0 Å². The van der Waals surface area contributed by atoms with Gasteiger partial charge in [0.1, 0.15) is 12.4 Å². The van der Waals surface area contributed by atoms with Crippen molar-refractivity contribution < 1.29 is 9.47 Å². The molecule has 0 amide bonds. The molecule has 0 saturated carbocycles. The van der Waals surface area contributed by atoms with E-state index in [0.717, 1.165) is 69.6 Å². The van der Waals surface area contributed by atoms with Crippen LogP contribution in [0.15, 0.2) is 35.3 Å². The average Bonchev–Trinajstić information content (AvgIpc) is 3.15. The van der Waals surface area contributed by atoms with E-state index in [-0.39, 0.29) is 6.04 Å². The minimum atomic E-state index is 0.285. The number of nitrogens with zero attached hydrogens (tertiary/aromatic N) is 4. The third kappa shape index (κ3) is 6.83. The number of aromatic nitrogens is 3. The fraction of sp³-hybridized carbons (Fsp3) is 0.571. The van der Waals surface area contributed by atoms with Gasteiger partial charge in [0.05, 0.1) is 13.2 Å². The van der Waals surface area contributed by atoms with E-state index in [1.165, 1.54) is 5.56 Å². The highest BCUT2D eigenvalue weighted by molar-refractivity contribution is 5.79. The number of guanidine groups is 1. The van der Waals surface area contributed by atoms with E-state index in [2.05, 4.69) is 50.0 Å². The second-order valence-corrected chi connectivity index (χ2v) is 7.14. The standard InChI is InChI=1S/C21H32N6O2/c1-22-21(23-12-6-13-29-14-11-17-7-4-3-5-8-17)24-18-9-10-20-25-19(16-28-2)26-27(20)15-18/h3-5,7-8,18H,6,9-16H2,1-2H3,(H2,22,23,24). The first-order valence-electron chi connectivity index (χ1n) is 10.3. The minimum Gasteiger partial charge on any atom is -0.381 e. The van der Waals surface area contributed by atoms with Crippen molar-refractivity contribution in [3.63, 3.8) is 0 Å². The van der Waals surface area contributed by atoms with Crippen LogP contribution in [0.4, 0.5) is 0 Å². The molecular weight excluding hydrogens is 368 g/mol. The number of benzene rings is 1. The Kier molecular flexibility index (Phi) is 8.45. The molecule has 0 fully saturated rings. The molecule has 8 heteroatoms. The smallest absolute Gasteiger partial charge is 0.191 e. The molecule has 0 radical (unpaired) electrons. The van der Waals surface area contributed by atoms with Gasteiger partial charge in [-0.2, -0.15) is 5.10 Å². The number of hydrogen-bond acceptors (Lipinski definition) is 5. The molecule has 0 saturated heterocycles. The number of aryl methyl sites for hydroxylation is 1. The van der Waals surface area contributed by atoms with Crippen LogP contribution in [0.25, 0.3) is 0 Å². The molecule has 1 unspecified atom stereocenters. The van der Waals surface area contributed by atoms with Gasteiger partial charge < -0.3 is 20.1 Å². The molecule has 1 aliphatic heterocycles. The van der Waals surface area contributed by atoms with Gasteiger partial charge in [-0.1, -0.05) is 30.3 Å². The summed E-state index contributed by atoms with van der Waals surface area (Å²) in [6.07, 6.45) is 3.80. The maximum absolute atomic E-state index is 5.74. The van der Waals surface area contributed by atoms with Gasteiger partial charge in [0.25, 0.3) is 0 Å². The van der Waals surface area contributed by atoms with Crippen LogP contribution < -0.4 is 10.6 Å². The topological polar surface area (TPSA) is 85.6 Å². The number of aliphatic imine (C=N–C) groups is 1. The summed E-state index contributed by atoms with van der Waals surface area (Å²) in [7, 11) is 3.46. The molecule has 2 aromatic rings. The van der Waals surface area contributed by atoms with Gasteiger partial charge in [-0.3, -0.25) is 4.99 Å². The van der Waals surface area contributed by atoms with Crippen LogP contribution in [-0.2, 0) is 35.5 Å². The highest BCUT2D eigenvalue weighted by Crippen LogP contribution is 2.13. The Balaban J connectivity index is 1.30. The second-order valence-electron chi connectivity index (χ2n) is 7.14. The van der Waals surface area contributed by atoms with Gasteiger partial charge in [-0.25, -0.2) is 9.67 Å². The third-order valence-electron chi connectivity index (χ3n) is 4.88. The molecule has 8 nitrogen and oxygen atoms in total. The highest BCUT2D eigenvalue weighted by Gasteiger charge is 2.22. The van der Waals surface area contributed by atoms with Crippen LogP contribution in [-0.4, -0.2) is 60.7 Å². The zero-order chi connectivity index (χ0) is 20.3. The van der Waals surface area contributed by atoms with Crippen molar-refractivity contribution in [3.05, 3.63) is 47.5 Å². The lowest BCUT2D eigenvalue weighted by molar-refractivity contribution is 0.135. The molecule has 0 aliphatic carbocycles.